The summed E-state index contributed by atoms with van der Waals surface area (Å²) in [4.78, 5) is 11.5. The summed E-state index contributed by atoms with van der Waals surface area (Å²) in [5.41, 5.74) is 5.38. The Balaban J connectivity index is 2.14. The maximum absolute atomic E-state index is 11.5. The summed E-state index contributed by atoms with van der Waals surface area (Å²) in [6.45, 7) is 2.00. The first-order valence-electron chi connectivity index (χ1n) is 6.38. The number of carbonyl (C=O) groups excluding carboxylic acids is 1. The van der Waals surface area contributed by atoms with Crippen molar-refractivity contribution in [2.24, 2.45) is 5.10 Å². The van der Waals surface area contributed by atoms with Crippen molar-refractivity contribution in [1.82, 2.24) is 0 Å². The van der Waals surface area contributed by atoms with Crippen molar-refractivity contribution in [3.05, 3.63) is 59.2 Å². The van der Waals surface area contributed by atoms with E-state index in [0.29, 0.717) is 5.56 Å². The lowest BCUT2D eigenvalue weighted by Gasteiger charge is -2.05. The van der Waals surface area contributed by atoms with Crippen LogP contribution in [0.2, 0.25) is 0 Å². The highest BCUT2D eigenvalue weighted by molar-refractivity contribution is 5.96. The van der Waals surface area contributed by atoms with Gasteiger partial charge in [0.15, 0.2) is 0 Å². The van der Waals surface area contributed by atoms with E-state index >= 15 is 0 Å². The van der Waals surface area contributed by atoms with Gasteiger partial charge in [0.1, 0.15) is 11.3 Å². The minimum atomic E-state index is -0.589. The fraction of sp³-hybridized carbons (Fsp3) is 0.125. The molecule has 0 fully saturated rings. The first kappa shape index (κ1) is 14.6. The number of hydrogen-bond acceptors (Lipinski definition) is 5. The monoisotopic (exact) mass is 284 g/mol. The highest BCUT2D eigenvalue weighted by Crippen LogP contribution is 2.21. The number of anilines is 1. The van der Waals surface area contributed by atoms with Gasteiger partial charge in [0.05, 0.1) is 19.0 Å². The Morgan fingerprint density at radius 3 is 2.62 bits per heavy atom. The fourth-order valence-corrected chi connectivity index (χ4v) is 1.74. The summed E-state index contributed by atoms with van der Waals surface area (Å²) < 4.78 is 4.60. The second kappa shape index (κ2) is 6.56. The average Bonchev–Trinajstić information content (AvgIpc) is 2.50. The van der Waals surface area contributed by atoms with Crippen LogP contribution in [-0.2, 0) is 4.74 Å². The van der Waals surface area contributed by atoms with Crippen molar-refractivity contribution in [1.29, 1.82) is 0 Å². The van der Waals surface area contributed by atoms with Crippen LogP contribution in [0.5, 0.6) is 5.75 Å². The zero-order valence-electron chi connectivity index (χ0n) is 11.8. The number of hydrazone groups is 1. The molecule has 0 atom stereocenters. The molecule has 0 saturated carbocycles. The number of methoxy groups -OCH3 is 1. The number of phenolic OH excluding ortho intramolecular Hbond substituents is 1. The number of nitrogens with zero attached hydrogens (tertiary/aromatic N) is 1. The minimum absolute atomic E-state index is 0.108. The van der Waals surface area contributed by atoms with Gasteiger partial charge in [-0.1, -0.05) is 23.8 Å². The minimum Gasteiger partial charge on any atom is -0.506 e. The molecule has 2 rings (SSSR count). The van der Waals surface area contributed by atoms with E-state index in [1.165, 1.54) is 19.4 Å². The van der Waals surface area contributed by atoms with Gasteiger partial charge in [-0.2, -0.15) is 5.10 Å². The molecule has 0 aliphatic rings. The van der Waals surface area contributed by atoms with Crippen LogP contribution in [0.1, 0.15) is 21.5 Å². The van der Waals surface area contributed by atoms with Crippen LogP contribution >= 0.6 is 0 Å². The number of carbonyl (C=O) groups is 1. The molecule has 5 heteroatoms. The molecule has 0 aliphatic carbocycles. The van der Waals surface area contributed by atoms with Crippen LogP contribution in [-0.4, -0.2) is 24.4 Å². The highest BCUT2D eigenvalue weighted by Gasteiger charge is 2.13. The van der Waals surface area contributed by atoms with Gasteiger partial charge in [0.2, 0.25) is 0 Å². The number of aromatic hydroxyl groups is 1. The summed E-state index contributed by atoms with van der Waals surface area (Å²) in [6, 6.07) is 12.5. The third kappa shape index (κ3) is 3.60. The van der Waals surface area contributed by atoms with Crippen LogP contribution in [0.25, 0.3) is 0 Å². The van der Waals surface area contributed by atoms with Gasteiger partial charge in [0, 0.05) is 5.56 Å². The molecule has 0 heterocycles. The van der Waals surface area contributed by atoms with Crippen molar-refractivity contribution in [2.75, 3.05) is 12.5 Å². The van der Waals surface area contributed by atoms with Gasteiger partial charge in [-0.3, -0.25) is 5.43 Å². The van der Waals surface area contributed by atoms with Crippen LogP contribution in [0, 0.1) is 6.92 Å². The fourth-order valence-electron chi connectivity index (χ4n) is 1.74. The summed E-state index contributed by atoms with van der Waals surface area (Å²) in [5.74, 6) is -0.743. The van der Waals surface area contributed by atoms with Gasteiger partial charge in [-0.05, 0) is 31.2 Å². The van der Waals surface area contributed by atoms with E-state index in [2.05, 4.69) is 15.3 Å². The number of para-hydroxylation sites is 1. The van der Waals surface area contributed by atoms with Crippen molar-refractivity contribution in [3.63, 3.8) is 0 Å². The molecule has 0 aromatic heterocycles. The molecule has 21 heavy (non-hydrogen) atoms. The number of aryl methyl sites for hydroxylation is 1. The smallest absolute Gasteiger partial charge is 0.341 e. The highest BCUT2D eigenvalue weighted by atomic mass is 16.5. The molecule has 0 unspecified atom stereocenters. The lowest BCUT2D eigenvalue weighted by Crippen LogP contribution is -2.03. The standard InChI is InChI=1S/C16H16N2O3/c1-11-6-8-13(9-7-11)18-17-10-12-4-3-5-14(15(12)19)16(20)21-2/h3-10,18-19H,1-2H3/b17-10+. The van der Waals surface area contributed by atoms with Gasteiger partial charge >= 0.3 is 5.97 Å². The Morgan fingerprint density at radius 2 is 1.95 bits per heavy atom. The molecule has 0 bridgehead atoms. The summed E-state index contributed by atoms with van der Waals surface area (Å²) >= 11 is 0. The van der Waals surface area contributed by atoms with Crippen molar-refractivity contribution < 1.29 is 14.6 Å². The molecule has 2 N–H and O–H groups in total. The molecular formula is C16H16N2O3. The first-order valence-corrected chi connectivity index (χ1v) is 6.38. The molecular weight excluding hydrogens is 268 g/mol. The maximum Gasteiger partial charge on any atom is 0.341 e. The second-order valence-corrected chi connectivity index (χ2v) is 4.47. The molecule has 2 aromatic rings. The van der Waals surface area contributed by atoms with E-state index in [9.17, 15) is 9.90 Å². The molecule has 0 aliphatic heterocycles. The Bertz CT molecular complexity index is 664. The van der Waals surface area contributed by atoms with Crippen LogP contribution in [0.15, 0.2) is 47.6 Å². The van der Waals surface area contributed by atoms with Crippen LogP contribution in [0.4, 0.5) is 5.69 Å². The average molecular weight is 284 g/mol. The molecule has 0 saturated heterocycles. The first-order chi connectivity index (χ1) is 10.1. The number of phenols is 1. The lowest BCUT2D eigenvalue weighted by atomic mass is 10.1. The largest absolute Gasteiger partial charge is 0.506 e. The van der Waals surface area contributed by atoms with Crippen molar-refractivity contribution >= 4 is 17.9 Å². The molecule has 2 aromatic carbocycles. The van der Waals surface area contributed by atoms with Gasteiger partial charge in [-0.15, -0.1) is 0 Å². The number of nitrogens with one attached hydrogen (secondary N) is 1. The Hall–Kier alpha value is -2.82. The molecule has 108 valence electrons. The Kier molecular flexibility index (Phi) is 4.56. The van der Waals surface area contributed by atoms with Gasteiger partial charge in [0.25, 0.3) is 0 Å². The Labute approximate surface area is 122 Å². The number of rotatable bonds is 4. The molecule has 0 radical (unpaired) electrons. The van der Waals surface area contributed by atoms with Gasteiger partial charge < -0.3 is 9.84 Å². The third-order valence-electron chi connectivity index (χ3n) is 2.92. The quantitative estimate of drug-likeness (QED) is 0.514. The predicted molar refractivity (Wildman–Crippen MR) is 81.8 cm³/mol. The van der Waals surface area contributed by atoms with Crippen molar-refractivity contribution in [2.45, 2.75) is 6.92 Å². The Morgan fingerprint density at radius 1 is 1.24 bits per heavy atom. The van der Waals surface area contributed by atoms with Crippen LogP contribution < -0.4 is 5.43 Å². The van der Waals surface area contributed by atoms with E-state index in [0.717, 1.165) is 11.3 Å². The summed E-state index contributed by atoms with van der Waals surface area (Å²) in [6.07, 6.45) is 1.45. The number of benzene rings is 2. The molecule has 0 spiro atoms. The predicted octanol–water partition coefficient (Wildman–Crippen LogP) is 2.93. The summed E-state index contributed by atoms with van der Waals surface area (Å²) in [5, 5.41) is 14.0. The second-order valence-electron chi connectivity index (χ2n) is 4.47. The van der Waals surface area contributed by atoms with E-state index in [-0.39, 0.29) is 11.3 Å². The molecule has 5 nitrogen and oxygen atoms in total. The third-order valence-corrected chi connectivity index (χ3v) is 2.92. The number of ether oxygens (including phenoxy) is 1. The zero-order valence-corrected chi connectivity index (χ0v) is 11.8. The summed E-state index contributed by atoms with van der Waals surface area (Å²) in [7, 11) is 1.27. The van der Waals surface area contributed by atoms with E-state index in [1.54, 1.807) is 12.1 Å². The lowest BCUT2D eigenvalue weighted by molar-refractivity contribution is 0.0597. The number of hydrogen-bond donors (Lipinski definition) is 2. The topological polar surface area (TPSA) is 70.9 Å². The van der Waals surface area contributed by atoms with Crippen molar-refractivity contribution in [3.8, 4) is 5.75 Å². The van der Waals surface area contributed by atoms with E-state index in [4.69, 9.17) is 0 Å². The van der Waals surface area contributed by atoms with E-state index in [1.807, 2.05) is 31.2 Å². The SMILES string of the molecule is COC(=O)c1cccc(/C=N/Nc2ccc(C)cc2)c1O. The van der Waals surface area contributed by atoms with E-state index < -0.39 is 5.97 Å². The molecule has 0 amide bonds. The normalized spacial score (nSPS) is 10.6. The maximum atomic E-state index is 11.5. The van der Waals surface area contributed by atoms with Gasteiger partial charge in [-0.25, -0.2) is 4.79 Å². The van der Waals surface area contributed by atoms with Crippen LogP contribution in [0.3, 0.4) is 0 Å². The zero-order chi connectivity index (χ0) is 15.2. The number of esters is 1.